The van der Waals surface area contributed by atoms with Crippen LogP contribution in [0, 0.1) is 0 Å². The van der Waals surface area contributed by atoms with Gasteiger partial charge in [0.1, 0.15) is 12.8 Å². The van der Waals surface area contributed by atoms with Crippen LogP contribution in [-0.2, 0) is 11.8 Å². The molecule has 84 valence electrons. The fraction of sp³-hybridized carbons (Fsp3) is 0.583. The van der Waals surface area contributed by atoms with Crippen molar-refractivity contribution in [3.05, 3.63) is 29.6 Å². The lowest BCUT2D eigenvalue weighted by Crippen LogP contribution is -2.13. The van der Waals surface area contributed by atoms with E-state index in [0.717, 1.165) is 11.1 Å². The van der Waals surface area contributed by atoms with Gasteiger partial charge in [-0.3, -0.25) is 4.98 Å². The van der Waals surface area contributed by atoms with E-state index in [9.17, 15) is 8.78 Å². The summed E-state index contributed by atoms with van der Waals surface area (Å²) in [5.41, 5.74) is 1.79. The molecule has 0 spiro atoms. The maximum atomic E-state index is 12.8. The largest absolute Gasteiger partial charge is 0.264 e. The first-order valence-corrected chi connectivity index (χ1v) is 5.08. The van der Waals surface area contributed by atoms with Crippen molar-refractivity contribution >= 4 is 0 Å². The van der Waals surface area contributed by atoms with E-state index in [1.54, 1.807) is 12.4 Å². The Hall–Kier alpha value is -0.990. The molecule has 1 nitrogen and oxygen atoms in total. The molecule has 0 fully saturated rings. The number of alkyl halides is 2. The van der Waals surface area contributed by atoms with Crippen LogP contribution in [0.4, 0.5) is 8.78 Å². The molecule has 0 aromatic carbocycles. The Labute approximate surface area is 89.5 Å². The smallest absolute Gasteiger partial charge is 0.132 e. The van der Waals surface area contributed by atoms with Gasteiger partial charge < -0.3 is 0 Å². The Bertz CT molecular complexity index is 318. The van der Waals surface area contributed by atoms with Crippen molar-refractivity contribution in [1.82, 2.24) is 4.98 Å². The molecule has 0 aliphatic carbocycles. The van der Waals surface area contributed by atoms with Crippen LogP contribution in [0.2, 0.25) is 0 Å². The number of rotatable bonds is 3. The molecule has 0 saturated heterocycles. The Morgan fingerprint density at radius 3 is 2.53 bits per heavy atom. The monoisotopic (exact) mass is 213 g/mol. The molecule has 0 amide bonds. The zero-order chi connectivity index (χ0) is 11.5. The van der Waals surface area contributed by atoms with Crippen LogP contribution in [-0.4, -0.2) is 17.8 Å². The third-order valence-electron chi connectivity index (χ3n) is 2.29. The van der Waals surface area contributed by atoms with Gasteiger partial charge in [-0.1, -0.05) is 26.8 Å². The summed E-state index contributed by atoms with van der Waals surface area (Å²) in [6.45, 7) is 5.27. The minimum atomic E-state index is -1.41. The summed E-state index contributed by atoms with van der Waals surface area (Å²) in [7, 11) is 0. The van der Waals surface area contributed by atoms with Crippen molar-refractivity contribution < 1.29 is 8.78 Å². The molecular formula is C12H17F2N. The molecule has 1 unspecified atom stereocenters. The molecular weight excluding hydrogens is 196 g/mol. The van der Waals surface area contributed by atoms with Crippen LogP contribution in [0.25, 0.3) is 0 Å². The van der Waals surface area contributed by atoms with E-state index < -0.39 is 12.8 Å². The zero-order valence-electron chi connectivity index (χ0n) is 9.43. The molecule has 15 heavy (non-hydrogen) atoms. The second-order valence-electron chi connectivity index (χ2n) is 4.79. The van der Waals surface area contributed by atoms with E-state index >= 15 is 0 Å². The topological polar surface area (TPSA) is 12.9 Å². The quantitative estimate of drug-likeness (QED) is 0.751. The highest BCUT2D eigenvalue weighted by Gasteiger charge is 2.15. The van der Waals surface area contributed by atoms with Gasteiger partial charge in [0.15, 0.2) is 0 Å². The van der Waals surface area contributed by atoms with Gasteiger partial charge in [0.05, 0.1) is 0 Å². The molecule has 0 aliphatic rings. The first kappa shape index (κ1) is 12.1. The van der Waals surface area contributed by atoms with Gasteiger partial charge in [-0.2, -0.15) is 0 Å². The van der Waals surface area contributed by atoms with Crippen LogP contribution in [0.1, 0.15) is 31.9 Å². The van der Waals surface area contributed by atoms with Gasteiger partial charge in [-0.25, -0.2) is 8.78 Å². The van der Waals surface area contributed by atoms with E-state index in [1.165, 1.54) is 0 Å². The number of aromatic nitrogens is 1. The minimum Gasteiger partial charge on any atom is -0.264 e. The molecule has 0 saturated carbocycles. The third-order valence-corrected chi connectivity index (χ3v) is 2.29. The molecule has 0 bridgehead atoms. The number of nitrogens with zero attached hydrogens (tertiary/aromatic N) is 1. The van der Waals surface area contributed by atoms with E-state index in [-0.39, 0.29) is 11.8 Å². The molecule has 1 atom stereocenters. The van der Waals surface area contributed by atoms with Crippen LogP contribution in [0.5, 0.6) is 0 Å². The Kier molecular flexibility index (Phi) is 3.77. The van der Waals surface area contributed by atoms with Crippen molar-refractivity contribution in [3.8, 4) is 0 Å². The van der Waals surface area contributed by atoms with Crippen molar-refractivity contribution in [2.45, 2.75) is 38.8 Å². The second kappa shape index (κ2) is 4.69. The highest BCUT2D eigenvalue weighted by atomic mass is 19.2. The average Bonchev–Trinajstić information content (AvgIpc) is 2.17. The maximum absolute atomic E-state index is 12.8. The molecule has 3 heteroatoms. The summed E-state index contributed by atoms with van der Waals surface area (Å²) in [6, 6.07) is 1.90. The number of hydrogen-bond donors (Lipinski definition) is 0. The first-order valence-electron chi connectivity index (χ1n) is 5.08. The van der Waals surface area contributed by atoms with E-state index in [4.69, 9.17) is 0 Å². The van der Waals surface area contributed by atoms with Crippen molar-refractivity contribution in [2.75, 3.05) is 6.67 Å². The van der Waals surface area contributed by atoms with Crippen molar-refractivity contribution in [3.63, 3.8) is 0 Å². The lowest BCUT2D eigenvalue weighted by molar-refractivity contribution is 0.259. The summed E-state index contributed by atoms with van der Waals surface area (Å²) in [6.07, 6.45) is 2.05. The fourth-order valence-corrected chi connectivity index (χ4v) is 1.32. The Morgan fingerprint density at radius 1 is 1.33 bits per heavy atom. The molecule has 1 rings (SSSR count). The predicted octanol–water partition coefficient (Wildman–Crippen LogP) is 3.23. The van der Waals surface area contributed by atoms with Gasteiger partial charge in [-0.15, -0.1) is 0 Å². The maximum Gasteiger partial charge on any atom is 0.132 e. The van der Waals surface area contributed by atoms with Gasteiger partial charge in [0.25, 0.3) is 0 Å². The molecule has 1 aromatic heterocycles. The zero-order valence-corrected chi connectivity index (χ0v) is 9.43. The standard InChI is InChI=1S/C12H17F2N/c1-12(2,3)10-4-9(7-15-8-10)5-11(14)6-13/h4,7-8,11H,5-6H2,1-3H3. The number of hydrogen-bond acceptors (Lipinski definition) is 1. The molecule has 0 N–H and O–H groups in total. The summed E-state index contributed by atoms with van der Waals surface area (Å²) in [5, 5.41) is 0. The summed E-state index contributed by atoms with van der Waals surface area (Å²) < 4.78 is 24.9. The normalized spacial score (nSPS) is 13.9. The number of halogens is 2. The van der Waals surface area contributed by atoms with E-state index in [0.29, 0.717) is 0 Å². The predicted molar refractivity (Wildman–Crippen MR) is 57.5 cm³/mol. The fourth-order valence-electron chi connectivity index (χ4n) is 1.32. The summed E-state index contributed by atoms with van der Waals surface area (Å²) in [4.78, 5) is 4.05. The second-order valence-corrected chi connectivity index (χ2v) is 4.79. The lowest BCUT2D eigenvalue weighted by Gasteiger charge is -2.19. The molecule has 1 heterocycles. The molecule has 0 aliphatic heterocycles. The SMILES string of the molecule is CC(C)(C)c1cncc(CC(F)CF)c1. The van der Waals surface area contributed by atoms with Crippen LogP contribution in [0.15, 0.2) is 18.5 Å². The molecule has 0 radical (unpaired) electrons. The summed E-state index contributed by atoms with van der Waals surface area (Å²) >= 11 is 0. The van der Waals surface area contributed by atoms with Crippen LogP contribution in [0.3, 0.4) is 0 Å². The van der Waals surface area contributed by atoms with E-state index in [2.05, 4.69) is 25.8 Å². The van der Waals surface area contributed by atoms with Gasteiger partial charge in [-0.05, 0) is 16.5 Å². The van der Waals surface area contributed by atoms with Crippen LogP contribution < -0.4 is 0 Å². The first-order chi connectivity index (χ1) is 6.93. The highest BCUT2D eigenvalue weighted by molar-refractivity contribution is 5.24. The lowest BCUT2D eigenvalue weighted by atomic mass is 9.87. The van der Waals surface area contributed by atoms with Gasteiger partial charge in [0.2, 0.25) is 0 Å². The third kappa shape index (κ3) is 3.57. The molecule has 1 aromatic rings. The minimum absolute atomic E-state index is 0.00939. The number of pyridine rings is 1. The van der Waals surface area contributed by atoms with Gasteiger partial charge in [0, 0.05) is 18.8 Å². The summed E-state index contributed by atoms with van der Waals surface area (Å²) in [5.74, 6) is 0. The highest BCUT2D eigenvalue weighted by Crippen LogP contribution is 2.22. The Balaban J connectivity index is 2.84. The van der Waals surface area contributed by atoms with Crippen LogP contribution >= 0.6 is 0 Å². The van der Waals surface area contributed by atoms with Gasteiger partial charge >= 0.3 is 0 Å². The average molecular weight is 213 g/mol. The van der Waals surface area contributed by atoms with Crippen molar-refractivity contribution in [2.24, 2.45) is 0 Å². The Morgan fingerprint density at radius 2 is 2.00 bits per heavy atom. The van der Waals surface area contributed by atoms with Crippen molar-refractivity contribution in [1.29, 1.82) is 0 Å². The van der Waals surface area contributed by atoms with E-state index in [1.807, 2.05) is 6.07 Å².